The standard InChI is InChI=1S/C12H18N2O/c1-15-12(10-6-2-4-8-13-10)11-7-3-5-9-14-11/h2,4,6,8,11-12,14H,3,5,7,9H2,1H3. The molecule has 3 nitrogen and oxygen atoms in total. The minimum atomic E-state index is 0.0894. The second-order valence-electron chi connectivity index (χ2n) is 3.97. The highest BCUT2D eigenvalue weighted by molar-refractivity contribution is 5.09. The minimum Gasteiger partial charge on any atom is -0.374 e. The summed E-state index contributed by atoms with van der Waals surface area (Å²) >= 11 is 0. The molecule has 0 aromatic carbocycles. The van der Waals surface area contributed by atoms with Crippen molar-refractivity contribution in [3.8, 4) is 0 Å². The van der Waals surface area contributed by atoms with E-state index in [9.17, 15) is 0 Å². The Bertz CT molecular complexity index is 283. The third-order valence-electron chi connectivity index (χ3n) is 2.95. The number of methoxy groups -OCH3 is 1. The van der Waals surface area contributed by atoms with Gasteiger partial charge in [-0.1, -0.05) is 12.5 Å². The van der Waals surface area contributed by atoms with Crippen LogP contribution in [0.2, 0.25) is 0 Å². The van der Waals surface area contributed by atoms with Gasteiger partial charge in [0.05, 0.1) is 5.69 Å². The molecule has 0 bridgehead atoms. The van der Waals surface area contributed by atoms with Crippen molar-refractivity contribution < 1.29 is 4.74 Å². The van der Waals surface area contributed by atoms with Gasteiger partial charge in [-0.2, -0.15) is 0 Å². The predicted octanol–water partition coefficient (Wildman–Crippen LogP) is 1.91. The van der Waals surface area contributed by atoms with Gasteiger partial charge in [0, 0.05) is 19.3 Å². The maximum Gasteiger partial charge on any atom is 0.114 e. The summed E-state index contributed by atoms with van der Waals surface area (Å²) in [4.78, 5) is 4.36. The third kappa shape index (κ3) is 2.55. The first-order valence-corrected chi connectivity index (χ1v) is 5.59. The van der Waals surface area contributed by atoms with Crippen molar-refractivity contribution in [2.45, 2.75) is 31.4 Å². The topological polar surface area (TPSA) is 34.1 Å². The molecule has 1 saturated heterocycles. The Labute approximate surface area is 90.9 Å². The quantitative estimate of drug-likeness (QED) is 0.820. The van der Waals surface area contributed by atoms with Crippen LogP contribution in [0, 0.1) is 0 Å². The molecule has 1 aliphatic rings. The molecule has 1 fully saturated rings. The van der Waals surface area contributed by atoms with E-state index in [2.05, 4.69) is 10.3 Å². The van der Waals surface area contributed by atoms with Crippen molar-refractivity contribution in [1.82, 2.24) is 10.3 Å². The Morgan fingerprint density at radius 2 is 2.40 bits per heavy atom. The summed E-state index contributed by atoms with van der Waals surface area (Å²) in [5, 5.41) is 3.50. The summed E-state index contributed by atoms with van der Waals surface area (Å²) < 4.78 is 5.55. The molecule has 0 aliphatic carbocycles. The van der Waals surface area contributed by atoms with E-state index in [0.29, 0.717) is 6.04 Å². The van der Waals surface area contributed by atoms with E-state index in [4.69, 9.17) is 4.74 Å². The van der Waals surface area contributed by atoms with E-state index in [0.717, 1.165) is 12.2 Å². The Kier molecular flexibility index (Phi) is 3.69. The fourth-order valence-corrected chi connectivity index (χ4v) is 2.17. The predicted molar refractivity (Wildman–Crippen MR) is 59.6 cm³/mol. The van der Waals surface area contributed by atoms with Gasteiger partial charge in [0.15, 0.2) is 0 Å². The zero-order chi connectivity index (χ0) is 10.5. The SMILES string of the molecule is COC(c1ccccn1)C1CCCCN1. The maximum atomic E-state index is 5.55. The van der Waals surface area contributed by atoms with Crippen LogP contribution < -0.4 is 5.32 Å². The van der Waals surface area contributed by atoms with Crippen molar-refractivity contribution >= 4 is 0 Å². The number of nitrogens with one attached hydrogen (secondary N) is 1. The average molecular weight is 206 g/mol. The van der Waals surface area contributed by atoms with E-state index in [1.54, 1.807) is 7.11 Å². The molecule has 0 radical (unpaired) electrons. The Hall–Kier alpha value is -0.930. The highest BCUT2D eigenvalue weighted by Gasteiger charge is 2.25. The molecule has 0 spiro atoms. The molecule has 82 valence electrons. The maximum absolute atomic E-state index is 5.55. The number of piperidine rings is 1. The minimum absolute atomic E-state index is 0.0894. The molecule has 2 unspecified atom stereocenters. The van der Waals surface area contributed by atoms with Crippen LogP contribution in [0.4, 0.5) is 0 Å². The molecule has 2 heterocycles. The Balaban J connectivity index is 2.09. The molecule has 2 atom stereocenters. The summed E-state index contributed by atoms with van der Waals surface area (Å²) in [6, 6.07) is 6.39. The molecule has 1 N–H and O–H groups in total. The smallest absolute Gasteiger partial charge is 0.114 e. The van der Waals surface area contributed by atoms with Crippen LogP contribution in [0.5, 0.6) is 0 Å². The van der Waals surface area contributed by atoms with Crippen LogP contribution in [0.3, 0.4) is 0 Å². The number of ether oxygens (including phenoxy) is 1. The van der Waals surface area contributed by atoms with E-state index in [1.165, 1.54) is 19.3 Å². The van der Waals surface area contributed by atoms with Gasteiger partial charge in [-0.3, -0.25) is 4.98 Å². The number of pyridine rings is 1. The van der Waals surface area contributed by atoms with Crippen molar-refractivity contribution in [1.29, 1.82) is 0 Å². The lowest BCUT2D eigenvalue weighted by Crippen LogP contribution is -2.39. The number of hydrogen-bond acceptors (Lipinski definition) is 3. The number of aromatic nitrogens is 1. The summed E-state index contributed by atoms with van der Waals surface area (Å²) in [5.41, 5.74) is 1.03. The second kappa shape index (κ2) is 5.24. The fraction of sp³-hybridized carbons (Fsp3) is 0.583. The molecule has 1 aromatic rings. The lowest BCUT2D eigenvalue weighted by Gasteiger charge is -2.29. The summed E-state index contributed by atoms with van der Waals surface area (Å²) in [7, 11) is 1.76. The first-order valence-electron chi connectivity index (χ1n) is 5.59. The van der Waals surface area contributed by atoms with Crippen molar-refractivity contribution in [2.24, 2.45) is 0 Å². The molecule has 3 heteroatoms. The molecule has 15 heavy (non-hydrogen) atoms. The first-order chi connectivity index (χ1) is 7.42. The fourth-order valence-electron chi connectivity index (χ4n) is 2.17. The van der Waals surface area contributed by atoms with Crippen molar-refractivity contribution in [3.63, 3.8) is 0 Å². The molecule has 0 amide bonds. The molecule has 1 aromatic heterocycles. The lowest BCUT2D eigenvalue weighted by molar-refractivity contribution is 0.0554. The average Bonchev–Trinajstić information content (AvgIpc) is 2.33. The van der Waals surface area contributed by atoms with Crippen LogP contribution in [0.25, 0.3) is 0 Å². The van der Waals surface area contributed by atoms with Gasteiger partial charge >= 0.3 is 0 Å². The molecule has 2 rings (SSSR count). The highest BCUT2D eigenvalue weighted by atomic mass is 16.5. The third-order valence-corrected chi connectivity index (χ3v) is 2.95. The molecular formula is C12H18N2O. The van der Waals surface area contributed by atoms with Gasteiger partial charge in [-0.15, -0.1) is 0 Å². The monoisotopic (exact) mass is 206 g/mol. The van der Waals surface area contributed by atoms with Crippen LogP contribution in [-0.4, -0.2) is 24.7 Å². The number of hydrogen-bond donors (Lipinski definition) is 1. The van der Waals surface area contributed by atoms with Crippen LogP contribution >= 0.6 is 0 Å². The van der Waals surface area contributed by atoms with Gasteiger partial charge < -0.3 is 10.1 Å². The summed E-state index contributed by atoms with van der Waals surface area (Å²) in [5.74, 6) is 0. The van der Waals surface area contributed by atoms with Gasteiger partial charge in [-0.25, -0.2) is 0 Å². The summed E-state index contributed by atoms with van der Waals surface area (Å²) in [6.07, 6.45) is 5.64. The van der Waals surface area contributed by atoms with Gasteiger partial charge in [0.25, 0.3) is 0 Å². The van der Waals surface area contributed by atoms with Gasteiger partial charge in [0.1, 0.15) is 6.10 Å². The zero-order valence-corrected chi connectivity index (χ0v) is 9.15. The van der Waals surface area contributed by atoms with E-state index < -0.39 is 0 Å². The van der Waals surface area contributed by atoms with E-state index >= 15 is 0 Å². The number of rotatable bonds is 3. The second-order valence-corrected chi connectivity index (χ2v) is 3.97. The van der Waals surface area contributed by atoms with Crippen molar-refractivity contribution in [2.75, 3.05) is 13.7 Å². The van der Waals surface area contributed by atoms with Gasteiger partial charge in [0.2, 0.25) is 0 Å². The zero-order valence-electron chi connectivity index (χ0n) is 9.15. The normalized spacial score (nSPS) is 23.7. The first kappa shape index (κ1) is 10.6. The van der Waals surface area contributed by atoms with Gasteiger partial charge in [-0.05, 0) is 31.5 Å². The van der Waals surface area contributed by atoms with Crippen LogP contribution in [0.1, 0.15) is 31.1 Å². The summed E-state index contributed by atoms with van der Waals surface area (Å²) in [6.45, 7) is 1.09. The highest BCUT2D eigenvalue weighted by Crippen LogP contribution is 2.23. The molecule has 0 saturated carbocycles. The van der Waals surface area contributed by atoms with E-state index in [1.807, 2.05) is 24.4 Å². The molecule has 1 aliphatic heterocycles. The largest absolute Gasteiger partial charge is 0.374 e. The molecular weight excluding hydrogens is 188 g/mol. The van der Waals surface area contributed by atoms with Crippen molar-refractivity contribution in [3.05, 3.63) is 30.1 Å². The Morgan fingerprint density at radius 1 is 1.47 bits per heavy atom. The van der Waals surface area contributed by atoms with Crippen LogP contribution in [0.15, 0.2) is 24.4 Å². The van der Waals surface area contributed by atoms with Crippen LogP contribution in [-0.2, 0) is 4.74 Å². The Morgan fingerprint density at radius 3 is 3.00 bits per heavy atom. The lowest BCUT2D eigenvalue weighted by atomic mass is 9.97. The number of nitrogens with zero attached hydrogens (tertiary/aromatic N) is 1. The van der Waals surface area contributed by atoms with E-state index in [-0.39, 0.29) is 6.10 Å².